The van der Waals surface area contributed by atoms with Gasteiger partial charge in [-0.15, -0.1) is 0 Å². The highest BCUT2D eigenvalue weighted by atomic mass is 19.1. The van der Waals surface area contributed by atoms with Crippen LogP contribution in [-0.2, 0) is 6.54 Å². The van der Waals surface area contributed by atoms with E-state index < -0.39 is 0 Å². The van der Waals surface area contributed by atoms with Crippen LogP contribution in [0.4, 0.5) is 10.1 Å². The number of nitrogens with zero attached hydrogens (tertiary/aromatic N) is 1. The van der Waals surface area contributed by atoms with Gasteiger partial charge in [-0.1, -0.05) is 18.2 Å². The van der Waals surface area contributed by atoms with Gasteiger partial charge in [0.05, 0.1) is 6.54 Å². The average molecular weight is 286 g/mol. The zero-order valence-electron chi connectivity index (χ0n) is 12.1. The lowest BCUT2D eigenvalue weighted by Gasteiger charge is -2.26. The predicted molar refractivity (Wildman–Crippen MR) is 82.0 cm³/mol. The Morgan fingerprint density at radius 3 is 2.86 bits per heavy atom. The van der Waals surface area contributed by atoms with Gasteiger partial charge in [-0.05, 0) is 36.8 Å². The molecule has 0 saturated carbocycles. The van der Waals surface area contributed by atoms with Gasteiger partial charge in [0.15, 0.2) is 0 Å². The van der Waals surface area contributed by atoms with Gasteiger partial charge >= 0.3 is 0 Å². The molecule has 3 rings (SSSR count). The molecule has 1 unspecified atom stereocenters. The third-order valence-corrected chi connectivity index (χ3v) is 3.77. The molecule has 0 fully saturated rings. The molecule has 4 heteroatoms. The summed E-state index contributed by atoms with van der Waals surface area (Å²) in [7, 11) is 0. The van der Waals surface area contributed by atoms with E-state index >= 15 is 0 Å². The summed E-state index contributed by atoms with van der Waals surface area (Å²) in [6.07, 6.45) is 0. The SMILES string of the molecule is CC(N)c1cc(F)ccc1N1CCOc2ccccc2C1. The number of fused-ring (bicyclic) bond motifs is 1. The van der Waals surface area contributed by atoms with Crippen molar-refractivity contribution in [1.82, 2.24) is 0 Å². The summed E-state index contributed by atoms with van der Waals surface area (Å²) >= 11 is 0. The van der Waals surface area contributed by atoms with Crippen LogP contribution in [0.1, 0.15) is 24.1 Å². The number of ether oxygens (including phenoxy) is 1. The molecule has 1 atom stereocenters. The monoisotopic (exact) mass is 286 g/mol. The van der Waals surface area contributed by atoms with E-state index in [0.29, 0.717) is 6.61 Å². The second kappa shape index (κ2) is 5.74. The van der Waals surface area contributed by atoms with Crippen LogP contribution in [0.5, 0.6) is 5.75 Å². The van der Waals surface area contributed by atoms with Gasteiger partial charge < -0.3 is 15.4 Å². The Hall–Kier alpha value is -2.07. The molecule has 21 heavy (non-hydrogen) atoms. The topological polar surface area (TPSA) is 38.5 Å². The van der Waals surface area contributed by atoms with Crippen molar-refractivity contribution in [2.75, 3.05) is 18.1 Å². The molecule has 0 saturated heterocycles. The molecule has 2 aromatic rings. The molecule has 2 N–H and O–H groups in total. The van der Waals surface area contributed by atoms with Gasteiger partial charge in [0.1, 0.15) is 18.2 Å². The van der Waals surface area contributed by atoms with Crippen LogP contribution in [0, 0.1) is 5.82 Å². The Kier molecular flexibility index (Phi) is 3.80. The Morgan fingerprint density at radius 1 is 1.24 bits per heavy atom. The number of nitrogens with two attached hydrogens (primary N) is 1. The van der Waals surface area contributed by atoms with E-state index in [1.807, 2.05) is 31.2 Å². The maximum absolute atomic E-state index is 13.5. The molecule has 0 spiro atoms. The van der Waals surface area contributed by atoms with Crippen molar-refractivity contribution in [1.29, 1.82) is 0 Å². The first-order valence-electron chi connectivity index (χ1n) is 7.16. The molecule has 110 valence electrons. The van der Waals surface area contributed by atoms with E-state index in [-0.39, 0.29) is 11.9 Å². The minimum absolute atomic E-state index is 0.213. The maximum atomic E-state index is 13.5. The summed E-state index contributed by atoms with van der Waals surface area (Å²) in [5.41, 5.74) is 8.94. The summed E-state index contributed by atoms with van der Waals surface area (Å²) in [5, 5.41) is 0. The van der Waals surface area contributed by atoms with Gasteiger partial charge in [-0.25, -0.2) is 4.39 Å². The van der Waals surface area contributed by atoms with E-state index in [9.17, 15) is 4.39 Å². The third kappa shape index (κ3) is 2.85. The molecule has 1 aliphatic heterocycles. The van der Waals surface area contributed by atoms with Gasteiger partial charge in [-0.2, -0.15) is 0 Å². The van der Waals surface area contributed by atoms with Crippen molar-refractivity contribution in [3.05, 3.63) is 59.4 Å². The van der Waals surface area contributed by atoms with Crippen LogP contribution in [0.2, 0.25) is 0 Å². The van der Waals surface area contributed by atoms with Crippen molar-refractivity contribution < 1.29 is 9.13 Å². The normalized spacial score (nSPS) is 15.9. The first-order chi connectivity index (χ1) is 10.1. The lowest BCUT2D eigenvalue weighted by molar-refractivity contribution is 0.331. The van der Waals surface area contributed by atoms with E-state index in [1.165, 1.54) is 12.1 Å². The first-order valence-corrected chi connectivity index (χ1v) is 7.16. The summed E-state index contributed by atoms with van der Waals surface area (Å²) in [4.78, 5) is 2.20. The molecule has 0 aromatic heterocycles. The molecule has 0 radical (unpaired) electrons. The smallest absolute Gasteiger partial charge is 0.124 e. The molecule has 3 nitrogen and oxygen atoms in total. The zero-order valence-corrected chi connectivity index (χ0v) is 12.1. The Bertz CT molecular complexity index is 642. The fraction of sp³-hybridized carbons (Fsp3) is 0.294. The molecule has 2 aromatic carbocycles. The van der Waals surface area contributed by atoms with Crippen molar-refractivity contribution in [3.8, 4) is 5.75 Å². The minimum Gasteiger partial charge on any atom is -0.491 e. The predicted octanol–water partition coefficient (Wildman–Crippen LogP) is 3.24. The lowest BCUT2D eigenvalue weighted by atomic mass is 10.0. The Morgan fingerprint density at radius 2 is 2.05 bits per heavy atom. The van der Waals surface area contributed by atoms with E-state index in [4.69, 9.17) is 10.5 Å². The van der Waals surface area contributed by atoms with Gasteiger partial charge in [0.25, 0.3) is 0 Å². The second-order valence-electron chi connectivity index (χ2n) is 5.37. The molecule has 0 bridgehead atoms. The number of hydrogen-bond donors (Lipinski definition) is 1. The highest BCUT2D eigenvalue weighted by molar-refractivity contribution is 5.56. The number of rotatable bonds is 2. The number of benzene rings is 2. The van der Waals surface area contributed by atoms with Crippen molar-refractivity contribution in [3.63, 3.8) is 0 Å². The number of anilines is 1. The van der Waals surface area contributed by atoms with Crippen LogP contribution in [0.15, 0.2) is 42.5 Å². The highest BCUT2D eigenvalue weighted by Gasteiger charge is 2.19. The van der Waals surface area contributed by atoms with Crippen molar-refractivity contribution in [2.45, 2.75) is 19.5 Å². The number of hydrogen-bond acceptors (Lipinski definition) is 3. The summed E-state index contributed by atoms with van der Waals surface area (Å²) < 4.78 is 19.3. The second-order valence-corrected chi connectivity index (χ2v) is 5.37. The number of para-hydroxylation sites is 1. The third-order valence-electron chi connectivity index (χ3n) is 3.77. The molecule has 0 amide bonds. The van der Waals surface area contributed by atoms with Gasteiger partial charge in [-0.3, -0.25) is 0 Å². The van der Waals surface area contributed by atoms with Crippen LogP contribution < -0.4 is 15.4 Å². The fourth-order valence-electron chi connectivity index (χ4n) is 2.71. The quantitative estimate of drug-likeness (QED) is 0.921. The van der Waals surface area contributed by atoms with Crippen molar-refractivity contribution >= 4 is 5.69 Å². The Labute approximate surface area is 124 Å². The zero-order chi connectivity index (χ0) is 14.8. The maximum Gasteiger partial charge on any atom is 0.124 e. The van der Waals surface area contributed by atoms with E-state index in [2.05, 4.69) is 11.0 Å². The molecule has 1 heterocycles. The van der Waals surface area contributed by atoms with Crippen LogP contribution in [-0.4, -0.2) is 13.2 Å². The summed E-state index contributed by atoms with van der Waals surface area (Å²) in [6, 6.07) is 12.6. The molecular weight excluding hydrogens is 267 g/mol. The Balaban J connectivity index is 1.98. The molecule has 1 aliphatic rings. The highest BCUT2D eigenvalue weighted by Crippen LogP contribution is 2.30. The van der Waals surface area contributed by atoms with Crippen LogP contribution >= 0.6 is 0 Å². The van der Waals surface area contributed by atoms with E-state index in [1.54, 1.807) is 0 Å². The minimum atomic E-state index is -0.252. The van der Waals surface area contributed by atoms with Gasteiger partial charge in [0, 0.05) is 23.8 Å². The average Bonchev–Trinajstić information content (AvgIpc) is 2.69. The standard InChI is InChI=1S/C17H19FN2O/c1-12(19)15-10-14(18)6-7-16(15)20-8-9-21-17-5-3-2-4-13(17)11-20/h2-7,10,12H,8-9,11,19H2,1H3. The fourth-order valence-corrected chi connectivity index (χ4v) is 2.71. The number of halogens is 1. The largest absolute Gasteiger partial charge is 0.491 e. The van der Waals surface area contributed by atoms with Crippen LogP contribution in [0.3, 0.4) is 0 Å². The summed E-state index contributed by atoms with van der Waals surface area (Å²) in [5.74, 6) is 0.669. The molecular formula is C17H19FN2O. The van der Waals surface area contributed by atoms with Gasteiger partial charge in [0.2, 0.25) is 0 Å². The molecule has 0 aliphatic carbocycles. The first kappa shape index (κ1) is 13.9. The van der Waals surface area contributed by atoms with Crippen molar-refractivity contribution in [2.24, 2.45) is 5.73 Å². The van der Waals surface area contributed by atoms with Crippen LogP contribution in [0.25, 0.3) is 0 Å². The van der Waals surface area contributed by atoms with E-state index in [0.717, 1.165) is 35.7 Å². The lowest BCUT2D eigenvalue weighted by Crippen LogP contribution is -2.27. The summed E-state index contributed by atoms with van der Waals surface area (Å²) in [6.45, 7) is 3.97.